The normalized spacial score (nSPS) is 16.4. The first-order valence-corrected chi connectivity index (χ1v) is 5.07. The molecule has 0 saturated carbocycles. The lowest BCUT2D eigenvalue weighted by Crippen LogP contribution is -2.57. The van der Waals surface area contributed by atoms with Gasteiger partial charge in [0.2, 0.25) is 5.95 Å². The fourth-order valence-electron chi connectivity index (χ4n) is 1.59. The predicted octanol–water partition coefficient (Wildman–Crippen LogP) is 0.583. The number of likely N-dealkylation sites (N-methyl/N-ethyl adjacent to an activating group) is 1. The molecule has 1 aromatic rings. The van der Waals surface area contributed by atoms with Gasteiger partial charge in [-0.25, -0.2) is 9.97 Å². The van der Waals surface area contributed by atoms with Gasteiger partial charge in [-0.2, -0.15) is 0 Å². The highest BCUT2D eigenvalue weighted by atomic mass is 15.3. The van der Waals surface area contributed by atoms with Crippen molar-refractivity contribution in [3.63, 3.8) is 0 Å². The summed E-state index contributed by atoms with van der Waals surface area (Å²) in [6, 6.07) is 0.572. The topological polar surface area (TPSA) is 41.1 Å². The molecule has 1 aliphatic rings. The fourth-order valence-corrected chi connectivity index (χ4v) is 1.59. The van der Waals surface area contributed by atoms with Gasteiger partial charge < -0.3 is 10.2 Å². The maximum Gasteiger partial charge on any atom is 0.225 e. The van der Waals surface area contributed by atoms with Gasteiger partial charge in [-0.15, -0.1) is 0 Å². The molecule has 0 atom stereocenters. The maximum absolute atomic E-state index is 4.34. The van der Waals surface area contributed by atoms with E-state index < -0.39 is 0 Å². The molecule has 0 radical (unpaired) electrons. The molecule has 0 amide bonds. The Hall–Kier alpha value is -1.16. The SMILES string of the molecule is CCN(c1ncc(C)cn1)C1CNC1. The minimum absolute atomic E-state index is 0.572. The van der Waals surface area contributed by atoms with E-state index in [-0.39, 0.29) is 0 Å². The lowest BCUT2D eigenvalue weighted by Gasteiger charge is -2.37. The second kappa shape index (κ2) is 3.92. The van der Waals surface area contributed by atoms with Crippen molar-refractivity contribution in [2.24, 2.45) is 0 Å². The molecule has 1 fully saturated rings. The quantitative estimate of drug-likeness (QED) is 0.760. The second-order valence-electron chi connectivity index (χ2n) is 3.66. The highest BCUT2D eigenvalue weighted by Gasteiger charge is 2.24. The molecule has 2 heterocycles. The third-order valence-electron chi connectivity index (χ3n) is 2.57. The van der Waals surface area contributed by atoms with Crippen LogP contribution in [-0.2, 0) is 0 Å². The minimum Gasteiger partial charge on any atom is -0.336 e. The Morgan fingerprint density at radius 3 is 2.50 bits per heavy atom. The average molecular weight is 192 g/mol. The maximum atomic E-state index is 4.34. The number of hydrogen-bond acceptors (Lipinski definition) is 4. The predicted molar refractivity (Wildman–Crippen MR) is 56.4 cm³/mol. The van der Waals surface area contributed by atoms with E-state index >= 15 is 0 Å². The summed E-state index contributed by atoms with van der Waals surface area (Å²) in [5.74, 6) is 0.851. The Morgan fingerprint density at radius 2 is 2.07 bits per heavy atom. The molecule has 2 rings (SSSR count). The molecule has 1 aromatic heterocycles. The molecule has 0 bridgehead atoms. The molecule has 0 aromatic carbocycles. The summed E-state index contributed by atoms with van der Waals surface area (Å²) in [5.41, 5.74) is 1.11. The zero-order valence-corrected chi connectivity index (χ0v) is 8.70. The summed E-state index contributed by atoms with van der Waals surface area (Å²) >= 11 is 0. The molecule has 0 aliphatic carbocycles. The van der Waals surface area contributed by atoms with E-state index in [2.05, 4.69) is 27.1 Å². The van der Waals surface area contributed by atoms with Crippen molar-refractivity contribution in [3.05, 3.63) is 18.0 Å². The van der Waals surface area contributed by atoms with Crippen molar-refractivity contribution < 1.29 is 0 Å². The van der Waals surface area contributed by atoms with Gasteiger partial charge in [0, 0.05) is 32.0 Å². The van der Waals surface area contributed by atoms with Crippen molar-refractivity contribution in [2.45, 2.75) is 19.9 Å². The lowest BCUT2D eigenvalue weighted by atomic mass is 10.1. The van der Waals surface area contributed by atoms with Crippen molar-refractivity contribution in [3.8, 4) is 0 Å². The summed E-state index contributed by atoms with van der Waals surface area (Å²) in [5, 5.41) is 3.26. The molecule has 0 unspecified atom stereocenters. The van der Waals surface area contributed by atoms with E-state index in [0.717, 1.165) is 31.1 Å². The third kappa shape index (κ3) is 1.70. The molecule has 14 heavy (non-hydrogen) atoms. The zero-order chi connectivity index (χ0) is 9.97. The van der Waals surface area contributed by atoms with Crippen LogP contribution in [0.15, 0.2) is 12.4 Å². The van der Waals surface area contributed by atoms with Gasteiger partial charge in [0.05, 0.1) is 6.04 Å². The van der Waals surface area contributed by atoms with Crippen LogP contribution in [0.25, 0.3) is 0 Å². The Labute approximate surface area is 84.4 Å². The van der Waals surface area contributed by atoms with Crippen LogP contribution in [0.4, 0.5) is 5.95 Å². The molecule has 4 heteroatoms. The summed E-state index contributed by atoms with van der Waals surface area (Å²) < 4.78 is 0. The Bertz CT molecular complexity index is 291. The summed E-state index contributed by atoms with van der Waals surface area (Å²) in [6.45, 7) is 7.21. The molecule has 1 N–H and O–H groups in total. The zero-order valence-electron chi connectivity index (χ0n) is 8.70. The van der Waals surface area contributed by atoms with Crippen LogP contribution >= 0.6 is 0 Å². The number of aromatic nitrogens is 2. The number of nitrogens with zero attached hydrogens (tertiary/aromatic N) is 3. The standard InChI is InChI=1S/C10H16N4/c1-3-14(9-6-11-7-9)10-12-4-8(2)5-13-10/h4-5,9,11H,3,6-7H2,1-2H3. The van der Waals surface area contributed by atoms with Crippen LogP contribution in [0.1, 0.15) is 12.5 Å². The minimum atomic E-state index is 0.572. The van der Waals surface area contributed by atoms with E-state index in [4.69, 9.17) is 0 Å². The van der Waals surface area contributed by atoms with Crippen LogP contribution < -0.4 is 10.2 Å². The van der Waals surface area contributed by atoms with Crippen LogP contribution in [0.2, 0.25) is 0 Å². The van der Waals surface area contributed by atoms with Gasteiger partial charge in [0.25, 0.3) is 0 Å². The smallest absolute Gasteiger partial charge is 0.225 e. The van der Waals surface area contributed by atoms with Crippen LogP contribution in [-0.4, -0.2) is 35.6 Å². The van der Waals surface area contributed by atoms with Crippen LogP contribution in [0.5, 0.6) is 0 Å². The van der Waals surface area contributed by atoms with E-state index in [1.807, 2.05) is 19.3 Å². The number of nitrogens with one attached hydrogen (secondary N) is 1. The summed E-state index contributed by atoms with van der Waals surface area (Å²) in [4.78, 5) is 10.9. The van der Waals surface area contributed by atoms with E-state index in [9.17, 15) is 0 Å². The molecular formula is C10H16N4. The van der Waals surface area contributed by atoms with Gasteiger partial charge in [-0.3, -0.25) is 0 Å². The van der Waals surface area contributed by atoms with Gasteiger partial charge in [-0.1, -0.05) is 0 Å². The van der Waals surface area contributed by atoms with Gasteiger partial charge >= 0.3 is 0 Å². The molecule has 0 spiro atoms. The van der Waals surface area contributed by atoms with Crippen LogP contribution in [0, 0.1) is 6.92 Å². The molecular weight excluding hydrogens is 176 g/mol. The van der Waals surface area contributed by atoms with Crippen molar-refractivity contribution in [1.82, 2.24) is 15.3 Å². The van der Waals surface area contributed by atoms with Crippen LogP contribution in [0.3, 0.4) is 0 Å². The largest absolute Gasteiger partial charge is 0.336 e. The first-order chi connectivity index (χ1) is 6.81. The first-order valence-electron chi connectivity index (χ1n) is 5.07. The van der Waals surface area contributed by atoms with Gasteiger partial charge in [0.1, 0.15) is 0 Å². The number of aryl methyl sites for hydroxylation is 1. The molecule has 76 valence electrons. The number of hydrogen-bond donors (Lipinski definition) is 1. The van der Waals surface area contributed by atoms with Crippen molar-refractivity contribution in [1.29, 1.82) is 0 Å². The number of anilines is 1. The molecule has 1 saturated heterocycles. The van der Waals surface area contributed by atoms with Gasteiger partial charge in [0.15, 0.2) is 0 Å². The summed E-state index contributed by atoms with van der Waals surface area (Å²) in [6.07, 6.45) is 3.74. The fraction of sp³-hybridized carbons (Fsp3) is 0.600. The lowest BCUT2D eigenvalue weighted by molar-refractivity contribution is 0.413. The van der Waals surface area contributed by atoms with E-state index in [1.54, 1.807) is 0 Å². The Morgan fingerprint density at radius 1 is 1.43 bits per heavy atom. The molecule has 4 nitrogen and oxygen atoms in total. The average Bonchev–Trinajstić information content (AvgIpc) is 2.13. The third-order valence-corrected chi connectivity index (χ3v) is 2.57. The van der Waals surface area contributed by atoms with E-state index in [1.165, 1.54) is 0 Å². The highest BCUT2D eigenvalue weighted by Crippen LogP contribution is 2.13. The monoisotopic (exact) mass is 192 g/mol. The molecule has 1 aliphatic heterocycles. The Kier molecular flexibility index (Phi) is 2.63. The van der Waals surface area contributed by atoms with Crippen molar-refractivity contribution >= 4 is 5.95 Å². The van der Waals surface area contributed by atoms with Crippen molar-refractivity contribution in [2.75, 3.05) is 24.5 Å². The second-order valence-corrected chi connectivity index (χ2v) is 3.66. The van der Waals surface area contributed by atoms with E-state index in [0.29, 0.717) is 6.04 Å². The Balaban J connectivity index is 2.14. The first kappa shape index (κ1) is 9.40. The van der Waals surface area contributed by atoms with Gasteiger partial charge in [-0.05, 0) is 19.4 Å². The summed E-state index contributed by atoms with van der Waals surface area (Å²) in [7, 11) is 0. The highest BCUT2D eigenvalue weighted by molar-refractivity contribution is 5.32. The number of rotatable bonds is 3.